The molecule has 1 unspecified atom stereocenters. The van der Waals surface area contributed by atoms with E-state index in [1.807, 2.05) is 6.07 Å². The van der Waals surface area contributed by atoms with Crippen LogP contribution in [0.4, 0.5) is 0 Å². The van der Waals surface area contributed by atoms with E-state index in [1.165, 1.54) is 10.4 Å². The van der Waals surface area contributed by atoms with Gasteiger partial charge in [0.05, 0.1) is 0 Å². The summed E-state index contributed by atoms with van der Waals surface area (Å²) < 4.78 is 6.09. The molecule has 0 amide bonds. The standard InChI is InChI=1S/C17H23NOS/c1-12-10-13(17(2,3)4)7-8-14(12)19-15(11-18)16-6-5-9-20-16/h5-10,15H,11,18H2,1-4H3. The molecule has 0 bridgehead atoms. The van der Waals surface area contributed by atoms with Crippen molar-refractivity contribution in [1.29, 1.82) is 0 Å². The summed E-state index contributed by atoms with van der Waals surface area (Å²) in [6.07, 6.45) is -0.0609. The Labute approximate surface area is 125 Å². The van der Waals surface area contributed by atoms with Crippen LogP contribution in [0, 0.1) is 6.92 Å². The van der Waals surface area contributed by atoms with Crippen molar-refractivity contribution < 1.29 is 4.74 Å². The summed E-state index contributed by atoms with van der Waals surface area (Å²) in [5.74, 6) is 0.918. The summed E-state index contributed by atoms with van der Waals surface area (Å²) in [4.78, 5) is 1.17. The molecule has 0 saturated heterocycles. The van der Waals surface area contributed by atoms with Crippen molar-refractivity contribution in [1.82, 2.24) is 0 Å². The van der Waals surface area contributed by atoms with Gasteiger partial charge in [-0.25, -0.2) is 0 Å². The third kappa shape index (κ3) is 3.41. The lowest BCUT2D eigenvalue weighted by atomic mass is 9.86. The molecule has 0 aliphatic carbocycles. The first kappa shape index (κ1) is 15.1. The average molecular weight is 289 g/mol. The highest BCUT2D eigenvalue weighted by Gasteiger charge is 2.17. The SMILES string of the molecule is Cc1cc(C(C)(C)C)ccc1OC(CN)c1cccs1. The second-order valence-corrected chi connectivity index (χ2v) is 7.07. The number of aryl methyl sites for hydroxylation is 1. The van der Waals surface area contributed by atoms with E-state index >= 15 is 0 Å². The molecule has 1 heterocycles. The quantitative estimate of drug-likeness (QED) is 0.903. The summed E-state index contributed by atoms with van der Waals surface area (Å²) in [5, 5.41) is 2.05. The third-order valence-electron chi connectivity index (χ3n) is 3.38. The van der Waals surface area contributed by atoms with E-state index in [0.717, 1.165) is 11.3 Å². The number of rotatable bonds is 4. The monoisotopic (exact) mass is 289 g/mol. The number of hydrogen-bond acceptors (Lipinski definition) is 3. The highest BCUT2D eigenvalue weighted by molar-refractivity contribution is 7.10. The normalized spacial score (nSPS) is 13.2. The highest BCUT2D eigenvalue weighted by Crippen LogP contribution is 2.31. The molecular formula is C17H23NOS. The minimum absolute atomic E-state index is 0.0609. The largest absolute Gasteiger partial charge is 0.483 e. The van der Waals surface area contributed by atoms with E-state index in [4.69, 9.17) is 10.5 Å². The summed E-state index contributed by atoms with van der Waals surface area (Å²) in [6.45, 7) is 9.23. The zero-order valence-corrected chi connectivity index (χ0v) is 13.5. The molecule has 0 aliphatic heterocycles. The molecule has 1 aromatic heterocycles. The fraction of sp³-hybridized carbons (Fsp3) is 0.412. The molecule has 2 N–H and O–H groups in total. The maximum Gasteiger partial charge on any atom is 0.145 e. The van der Waals surface area contributed by atoms with E-state index in [9.17, 15) is 0 Å². The topological polar surface area (TPSA) is 35.2 Å². The molecule has 1 atom stereocenters. The van der Waals surface area contributed by atoms with Crippen LogP contribution in [0.2, 0.25) is 0 Å². The summed E-state index contributed by atoms with van der Waals surface area (Å²) in [6, 6.07) is 10.5. The maximum absolute atomic E-state index is 6.09. The minimum atomic E-state index is -0.0609. The third-order valence-corrected chi connectivity index (χ3v) is 4.35. The van der Waals surface area contributed by atoms with Crippen molar-refractivity contribution >= 4 is 11.3 Å². The Kier molecular flexibility index (Phi) is 4.51. The van der Waals surface area contributed by atoms with Gasteiger partial charge in [-0.2, -0.15) is 0 Å². The number of thiophene rings is 1. The second-order valence-electron chi connectivity index (χ2n) is 6.09. The van der Waals surface area contributed by atoms with Gasteiger partial charge in [0, 0.05) is 11.4 Å². The Morgan fingerprint density at radius 2 is 2.00 bits per heavy atom. The molecule has 20 heavy (non-hydrogen) atoms. The van der Waals surface area contributed by atoms with Crippen molar-refractivity contribution in [3.8, 4) is 5.75 Å². The lowest BCUT2D eigenvalue weighted by Gasteiger charge is -2.22. The van der Waals surface area contributed by atoms with E-state index in [1.54, 1.807) is 11.3 Å². The van der Waals surface area contributed by atoms with E-state index in [-0.39, 0.29) is 11.5 Å². The highest BCUT2D eigenvalue weighted by atomic mass is 32.1. The van der Waals surface area contributed by atoms with Crippen molar-refractivity contribution in [3.05, 3.63) is 51.7 Å². The van der Waals surface area contributed by atoms with Crippen molar-refractivity contribution in [2.24, 2.45) is 5.73 Å². The molecular weight excluding hydrogens is 266 g/mol. The van der Waals surface area contributed by atoms with Crippen molar-refractivity contribution in [3.63, 3.8) is 0 Å². The first-order valence-corrected chi connectivity index (χ1v) is 7.81. The summed E-state index contributed by atoms with van der Waals surface area (Å²) >= 11 is 1.68. The van der Waals surface area contributed by atoms with Gasteiger partial charge in [0.25, 0.3) is 0 Å². The summed E-state index contributed by atoms with van der Waals surface area (Å²) in [7, 11) is 0. The first-order valence-electron chi connectivity index (χ1n) is 6.93. The fourth-order valence-corrected chi connectivity index (χ4v) is 2.87. The number of benzene rings is 1. The van der Waals surface area contributed by atoms with Crippen LogP contribution in [0.15, 0.2) is 35.7 Å². The molecule has 2 aromatic rings. The minimum Gasteiger partial charge on any atom is -0.483 e. The van der Waals surface area contributed by atoms with Crippen LogP contribution in [0.1, 0.15) is 42.9 Å². The molecule has 2 nitrogen and oxygen atoms in total. The predicted octanol–water partition coefficient (Wildman–Crippen LogP) is 4.43. The van der Waals surface area contributed by atoms with Gasteiger partial charge in [-0.05, 0) is 41.0 Å². The van der Waals surface area contributed by atoms with E-state index in [0.29, 0.717) is 6.54 Å². The number of ether oxygens (including phenoxy) is 1. The summed E-state index contributed by atoms with van der Waals surface area (Å²) in [5.41, 5.74) is 8.48. The van der Waals surface area contributed by atoms with Gasteiger partial charge >= 0.3 is 0 Å². The number of nitrogens with two attached hydrogens (primary N) is 1. The number of hydrogen-bond donors (Lipinski definition) is 1. The molecule has 1 aromatic carbocycles. The van der Waals surface area contributed by atoms with Crippen LogP contribution in [0.25, 0.3) is 0 Å². The van der Waals surface area contributed by atoms with Gasteiger partial charge in [0.2, 0.25) is 0 Å². The Bertz CT molecular complexity index is 555. The molecule has 108 valence electrons. The molecule has 0 radical (unpaired) electrons. The van der Waals surface area contributed by atoms with E-state index < -0.39 is 0 Å². The smallest absolute Gasteiger partial charge is 0.145 e. The van der Waals surface area contributed by atoms with Crippen LogP contribution in [-0.4, -0.2) is 6.54 Å². The Morgan fingerprint density at radius 1 is 1.25 bits per heavy atom. The molecule has 0 saturated carbocycles. The maximum atomic E-state index is 6.09. The van der Waals surface area contributed by atoms with Gasteiger partial charge < -0.3 is 10.5 Å². The fourth-order valence-electron chi connectivity index (χ4n) is 2.10. The lowest BCUT2D eigenvalue weighted by molar-refractivity contribution is 0.216. The Hall–Kier alpha value is -1.32. The molecule has 0 spiro atoms. The van der Waals surface area contributed by atoms with Crippen LogP contribution in [-0.2, 0) is 5.41 Å². The molecule has 3 heteroatoms. The zero-order chi connectivity index (χ0) is 14.8. The van der Waals surface area contributed by atoms with Gasteiger partial charge in [0.1, 0.15) is 11.9 Å². The predicted molar refractivity (Wildman–Crippen MR) is 86.6 cm³/mol. The van der Waals surface area contributed by atoms with Gasteiger partial charge in [-0.15, -0.1) is 11.3 Å². The Balaban J connectivity index is 2.21. The second kappa shape index (κ2) is 5.98. The van der Waals surface area contributed by atoms with Gasteiger partial charge in [0.15, 0.2) is 0 Å². The lowest BCUT2D eigenvalue weighted by Crippen LogP contribution is -2.18. The van der Waals surface area contributed by atoms with Gasteiger partial charge in [-0.3, -0.25) is 0 Å². The van der Waals surface area contributed by atoms with Gasteiger partial charge in [-0.1, -0.05) is 39.0 Å². The van der Waals surface area contributed by atoms with Crippen LogP contribution >= 0.6 is 11.3 Å². The van der Waals surface area contributed by atoms with Crippen molar-refractivity contribution in [2.45, 2.75) is 39.2 Å². The zero-order valence-electron chi connectivity index (χ0n) is 12.6. The van der Waals surface area contributed by atoms with Crippen LogP contribution in [0.5, 0.6) is 5.75 Å². The van der Waals surface area contributed by atoms with Crippen LogP contribution in [0.3, 0.4) is 0 Å². The van der Waals surface area contributed by atoms with Crippen molar-refractivity contribution in [2.75, 3.05) is 6.54 Å². The van der Waals surface area contributed by atoms with Crippen LogP contribution < -0.4 is 10.5 Å². The average Bonchev–Trinajstić information content (AvgIpc) is 2.90. The van der Waals surface area contributed by atoms with E-state index in [2.05, 4.69) is 57.3 Å². The molecule has 0 fully saturated rings. The molecule has 0 aliphatic rings. The first-order chi connectivity index (χ1) is 9.41. The molecule has 2 rings (SSSR count). The Morgan fingerprint density at radius 3 is 2.50 bits per heavy atom.